The van der Waals surface area contributed by atoms with Crippen LogP contribution >= 0.6 is 0 Å². The number of benzene rings is 1. The topological polar surface area (TPSA) is 44.1 Å². The number of carbonyl (C=O) groups is 1. The first-order valence-corrected chi connectivity index (χ1v) is 5.78. The quantitative estimate of drug-likeness (QED) is 0.821. The summed E-state index contributed by atoms with van der Waals surface area (Å²) in [6, 6.07) is 8.28. The van der Waals surface area contributed by atoms with Gasteiger partial charge in [0.1, 0.15) is 11.2 Å². The lowest BCUT2D eigenvalue weighted by molar-refractivity contribution is -0.136. The maximum Gasteiger partial charge on any atom is 0.242 e. The van der Waals surface area contributed by atoms with Gasteiger partial charge < -0.3 is 4.90 Å². The maximum absolute atomic E-state index is 13.0. The van der Waals surface area contributed by atoms with Gasteiger partial charge in [0.15, 0.2) is 0 Å². The van der Waals surface area contributed by atoms with Gasteiger partial charge in [0.25, 0.3) is 0 Å². The fraction of sp³-hybridized carbons (Fsp3) is 0.429. The average molecular weight is 248 g/mol. The molecule has 0 N–H and O–H groups in total. The molecule has 0 aliphatic rings. The van der Waals surface area contributed by atoms with E-state index in [4.69, 9.17) is 5.26 Å². The number of amides is 1. The Bertz CT molecular complexity index is 477. The van der Waals surface area contributed by atoms with E-state index < -0.39 is 5.41 Å². The molecule has 0 aromatic heterocycles. The van der Waals surface area contributed by atoms with E-state index in [0.717, 1.165) is 5.56 Å². The van der Waals surface area contributed by atoms with Crippen LogP contribution in [-0.4, -0.2) is 24.4 Å². The smallest absolute Gasteiger partial charge is 0.242 e. The normalized spacial score (nSPS) is 10.8. The van der Waals surface area contributed by atoms with Crippen LogP contribution in [0.15, 0.2) is 24.3 Å². The third-order valence-electron chi connectivity index (χ3n) is 2.79. The standard InChI is InChI=1S/C14H17FN2O/c1-14(2,10-16)13(18)17(3)8-7-11-5-4-6-12(15)9-11/h4-6,9H,7-8H2,1-3H3. The number of nitriles is 1. The molecule has 0 bridgehead atoms. The molecular formula is C14H17FN2O. The number of likely N-dealkylation sites (N-methyl/N-ethyl adjacent to an activating group) is 1. The summed E-state index contributed by atoms with van der Waals surface area (Å²) < 4.78 is 13.0. The Kier molecular flexibility index (Phi) is 4.43. The highest BCUT2D eigenvalue weighted by molar-refractivity contribution is 5.84. The van der Waals surface area contributed by atoms with E-state index in [1.807, 2.05) is 12.1 Å². The Morgan fingerprint density at radius 3 is 2.72 bits per heavy atom. The summed E-state index contributed by atoms with van der Waals surface area (Å²) in [5.74, 6) is -0.500. The lowest BCUT2D eigenvalue weighted by atomic mass is 9.94. The third-order valence-corrected chi connectivity index (χ3v) is 2.79. The van der Waals surface area contributed by atoms with Gasteiger partial charge in [-0.2, -0.15) is 5.26 Å². The van der Waals surface area contributed by atoms with Crippen LogP contribution in [0.4, 0.5) is 4.39 Å². The van der Waals surface area contributed by atoms with Crippen LogP contribution in [0.25, 0.3) is 0 Å². The van der Waals surface area contributed by atoms with Crippen molar-refractivity contribution in [2.75, 3.05) is 13.6 Å². The Morgan fingerprint density at radius 1 is 1.50 bits per heavy atom. The first-order valence-electron chi connectivity index (χ1n) is 5.78. The van der Waals surface area contributed by atoms with Crippen molar-refractivity contribution in [3.63, 3.8) is 0 Å². The third kappa shape index (κ3) is 3.56. The molecular weight excluding hydrogens is 231 g/mol. The summed E-state index contributed by atoms with van der Waals surface area (Å²) in [6.45, 7) is 3.65. The summed E-state index contributed by atoms with van der Waals surface area (Å²) in [5.41, 5.74) is -0.180. The molecule has 0 saturated heterocycles. The van der Waals surface area contributed by atoms with E-state index >= 15 is 0 Å². The van der Waals surface area contributed by atoms with Gasteiger partial charge in [0, 0.05) is 13.6 Å². The van der Waals surface area contributed by atoms with Crippen molar-refractivity contribution in [2.24, 2.45) is 5.41 Å². The van der Waals surface area contributed by atoms with Gasteiger partial charge in [-0.1, -0.05) is 12.1 Å². The first kappa shape index (κ1) is 14.2. The van der Waals surface area contributed by atoms with E-state index in [9.17, 15) is 9.18 Å². The predicted octanol–water partition coefficient (Wildman–Crippen LogP) is 2.38. The van der Waals surface area contributed by atoms with E-state index in [2.05, 4.69) is 0 Å². The molecule has 0 aliphatic carbocycles. The summed E-state index contributed by atoms with van der Waals surface area (Å²) in [5, 5.41) is 8.89. The van der Waals surface area contributed by atoms with Crippen molar-refractivity contribution in [1.82, 2.24) is 4.90 Å². The van der Waals surface area contributed by atoms with Crippen molar-refractivity contribution in [2.45, 2.75) is 20.3 Å². The highest BCUT2D eigenvalue weighted by Gasteiger charge is 2.29. The van der Waals surface area contributed by atoms with Crippen LogP contribution in [0, 0.1) is 22.6 Å². The van der Waals surface area contributed by atoms with Crippen LogP contribution in [0.5, 0.6) is 0 Å². The van der Waals surface area contributed by atoms with E-state index in [0.29, 0.717) is 13.0 Å². The van der Waals surface area contributed by atoms with Crippen molar-refractivity contribution < 1.29 is 9.18 Å². The molecule has 1 amide bonds. The fourth-order valence-electron chi connectivity index (χ4n) is 1.62. The molecule has 0 fully saturated rings. The highest BCUT2D eigenvalue weighted by atomic mass is 19.1. The van der Waals surface area contributed by atoms with Gasteiger partial charge in [-0.05, 0) is 38.0 Å². The van der Waals surface area contributed by atoms with E-state index in [1.54, 1.807) is 27.0 Å². The molecule has 3 nitrogen and oxygen atoms in total. The van der Waals surface area contributed by atoms with Gasteiger partial charge in [0.2, 0.25) is 5.91 Å². The molecule has 0 radical (unpaired) electrons. The Hall–Kier alpha value is -1.89. The van der Waals surface area contributed by atoms with Gasteiger partial charge in [-0.25, -0.2) is 4.39 Å². The molecule has 0 aliphatic heterocycles. The monoisotopic (exact) mass is 248 g/mol. The summed E-state index contributed by atoms with van der Waals surface area (Å²) >= 11 is 0. The molecule has 0 spiro atoms. The Balaban J connectivity index is 2.60. The van der Waals surface area contributed by atoms with Gasteiger partial charge in [-0.15, -0.1) is 0 Å². The minimum Gasteiger partial charge on any atom is -0.344 e. The zero-order chi connectivity index (χ0) is 13.8. The van der Waals surface area contributed by atoms with Crippen LogP contribution < -0.4 is 0 Å². The largest absolute Gasteiger partial charge is 0.344 e. The van der Waals surface area contributed by atoms with E-state index in [-0.39, 0.29) is 11.7 Å². The number of nitrogens with zero attached hydrogens (tertiary/aromatic N) is 2. The maximum atomic E-state index is 13.0. The number of hydrogen-bond donors (Lipinski definition) is 0. The number of halogens is 1. The van der Waals surface area contributed by atoms with Crippen molar-refractivity contribution in [3.8, 4) is 6.07 Å². The zero-order valence-electron chi connectivity index (χ0n) is 10.9. The minimum atomic E-state index is -1.02. The van der Waals surface area contributed by atoms with Crippen molar-refractivity contribution in [1.29, 1.82) is 5.26 Å². The van der Waals surface area contributed by atoms with Gasteiger partial charge in [-0.3, -0.25) is 4.79 Å². The lowest BCUT2D eigenvalue weighted by Gasteiger charge is -2.23. The zero-order valence-corrected chi connectivity index (χ0v) is 10.9. The molecule has 96 valence electrons. The van der Waals surface area contributed by atoms with Crippen LogP contribution in [0.2, 0.25) is 0 Å². The Morgan fingerprint density at radius 2 is 2.17 bits per heavy atom. The number of hydrogen-bond acceptors (Lipinski definition) is 2. The van der Waals surface area contributed by atoms with Crippen LogP contribution in [0.1, 0.15) is 19.4 Å². The summed E-state index contributed by atoms with van der Waals surface area (Å²) in [4.78, 5) is 13.4. The molecule has 18 heavy (non-hydrogen) atoms. The van der Waals surface area contributed by atoms with E-state index in [1.165, 1.54) is 17.0 Å². The molecule has 1 rings (SSSR count). The predicted molar refractivity (Wildman–Crippen MR) is 67.1 cm³/mol. The second-order valence-electron chi connectivity index (χ2n) is 4.84. The first-order chi connectivity index (χ1) is 8.36. The summed E-state index contributed by atoms with van der Waals surface area (Å²) in [7, 11) is 1.65. The van der Waals surface area contributed by atoms with Crippen molar-refractivity contribution >= 4 is 5.91 Å². The second-order valence-corrected chi connectivity index (χ2v) is 4.84. The van der Waals surface area contributed by atoms with Crippen molar-refractivity contribution in [3.05, 3.63) is 35.6 Å². The molecule has 0 atom stereocenters. The fourth-order valence-corrected chi connectivity index (χ4v) is 1.62. The van der Waals surface area contributed by atoms with Crippen LogP contribution in [0.3, 0.4) is 0 Å². The summed E-state index contributed by atoms with van der Waals surface area (Å²) in [6.07, 6.45) is 0.571. The van der Waals surface area contributed by atoms with Crippen LogP contribution in [-0.2, 0) is 11.2 Å². The van der Waals surface area contributed by atoms with Gasteiger partial charge in [0.05, 0.1) is 6.07 Å². The minimum absolute atomic E-state index is 0.221. The highest BCUT2D eigenvalue weighted by Crippen LogP contribution is 2.16. The Labute approximate surface area is 107 Å². The number of carbonyl (C=O) groups excluding carboxylic acids is 1. The molecule has 0 unspecified atom stereocenters. The second kappa shape index (κ2) is 5.63. The average Bonchev–Trinajstić information content (AvgIpc) is 2.35. The lowest BCUT2D eigenvalue weighted by Crippen LogP contribution is -2.38. The SMILES string of the molecule is CN(CCc1cccc(F)c1)C(=O)C(C)(C)C#N. The molecule has 1 aromatic rings. The molecule has 4 heteroatoms. The molecule has 1 aromatic carbocycles. The molecule has 0 heterocycles. The molecule has 0 saturated carbocycles. The van der Waals surface area contributed by atoms with Gasteiger partial charge >= 0.3 is 0 Å². The number of rotatable bonds is 4.